The number of halogens is 1. The first-order chi connectivity index (χ1) is 8.13. The van der Waals surface area contributed by atoms with Gasteiger partial charge in [0.1, 0.15) is 0 Å². The minimum Gasteiger partial charge on any atom is -0.384 e. The van der Waals surface area contributed by atoms with Crippen LogP contribution in [0.1, 0.15) is 32.0 Å². The van der Waals surface area contributed by atoms with Crippen molar-refractivity contribution < 1.29 is 4.74 Å². The summed E-state index contributed by atoms with van der Waals surface area (Å²) in [6, 6.07) is -0.00454. The molecule has 6 heteroatoms. The van der Waals surface area contributed by atoms with Crippen molar-refractivity contribution in [1.29, 1.82) is 0 Å². The van der Waals surface area contributed by atoms with Crippen LogP contribution in [0.15, 0.2) is 6.20 Å². The Hall–Kier alpha value is -0.620. The second-order valence-corrected chi connectivity index (χ2v) is 4.62. The van der Waals surface area contributed by atoms with E-state index >= 15 is 0 Å². The van der Waals surface area contributed by atoms with E-state index in [0.717, 1.165) is 18.7 Å². The summed E-state index contributed by atoms with van der Waals surface area (Å²) in [7, 11) is 1.70. The second-order valence-electron chi connectivity index (χ2n) is 4.21. The first-order valence-electron chi connectivity index (χ1n) is 5.80. The van der Waals surface area contributed by atoms with Gasteiger partial charge < -0.3 is 4.74 Å². The number of nitrogens with zero attached hydrogens (tertiary/aromatic N) is 2. The average molecular weight is 261 g/mol. The molecule has 0 saturated carbocycles. The quantitative estimate of drug-likeness (QED) is 0.579. The Balaban J connectivity index is 2.81. The zero-order valence-electron chi connectivity index (χ0n) is 10.6. The fourth-order valence-corrected chi connectivity index (χ4v) is 2.26. The van der Waals surface area contributed by atoms with Crippen LogP contribution in [0.4, 0.5) is 0 Å². The number of rotatable bonds is 7. The first kappa shape index (κ1) is 14.4. The van der Waals surface area contributed by atoms with Gasteiger partial charge >= 0.3 is 0 Å². The Morgan fingerprint density at radius 3 is 2.88 bits per heavy atom. The van der Waals surface area contributed by atoms with E-state index in [9.17, 15) is 0 Å². The Morgan fingerprint density at radius 2 is 2.35 bits per heavy atom. The molecule has 0 aliphatic heterocycles. The van der Waals surface area contributed by atoms with E-state index in [0.29, 0.717) is 17.5 Å². The van der Waals surface area contributed by atoms with Crippen LogP contribution < -0.4 is 11.3 Å². The Morgan fingerprint density at radius 1 is 1.65 bits per heavy atom. The van der Waals surface area contributed by atoms with Crippen LogP contribution >= 0.6 is 11.6 Å². The van der Waals surface area contributed by atoms with Gasteiger partial charge in [0.25, 0.3) is 0 Å². The Kier molecular flexibility index (Phi) is 5.91. The van der Waals surface area contributed by atoms with E-state index in [1.54, 1.807) is 13.3 Å². The fourth-order valence-electron chi connectivity index (χ4n) is 1.98. The van der Waals surface area contributed by atoms with E-state index in [2.05, 4.69) is 17.4 Å². The molecule has 0 aromatic carbocycles. The highest BCUT2D eigenvalue weighted by atomic mass is 35.5. The van der Waals surface area contributed by atoms with Crippen molar-refractivity contribution in [2.75, 3.05) is 13.7 Å². The lowest BCUT2D eigenvalue weighted by atomic mass is 10.0. The largest absolute Gasteiger partial charge is 0.384 e. The molecule has 0 aliphatic carbocycles. The van der Waals surface area contributed by atoms with E-state index < -0.39 is 0 Å². The summed E-state index contributed by atoms with van der Waals surface area (Å²) in [5, 5.41) is 4.87. The number of ether oxygens (including phenoxy) is 1. The first-order valence-corrected chi connectivity index (χ1v) is 6.18. The number of aryl methyl sites for hydroxylation is 1. The van der Waals surface area contributed by atoms with Gasteiger partial charge in [-0.2, -0.15) is 5.10 Å². The summed E-state index contributed by atoms with van der Waals surface area (Å²) < 4.78 is 7.00. The Labute approximate surface area is 107 Å². The van der Waals surface area contributed by atoms with Gasteiger partial charge in [-0.05, 0) is 19.3 Å². The summed E-state index contributed by atoms with van der Waals surface area (Å²) in [6.07, 6.45) is 2.52. The zero-order chi connectivity index (χ0) is 12.8. The van der Waals surface area contributed by atoms with Gasteiger partial charge in [0.15, 0.2) is 0 Å². The lowest BCUT2D eigenvalue weighted by molar-refractivity contribution is 0.148. The highest BCUT2D eigenvalue weighted by molar-refractivity contribution is 6.31. The molecule has 1 rings (SSSR count). The third-order valence-corrected chi connectivity index (χ3v) is 3.04. The average Bonchev–Trinajstić information content (AvgIpc) is 2.68. The molecule has 0 aliphatic rings. The van der Waals surface area contributed by atoms with Crippen molar-refractivity contribution in [2.45, 2.75) is 32.9 Å². The topological polar surface area (TPSA) is 65.1 Å². The molecule has 98 valence electrons. The lowest BCUT2D eigenvalue weighted by Gasteiger charge is -2.21. The van der Waals surface area contributed by atoms with Crippen molar-refractivity contribution in [3.8, 4) is 0 Å². The summed E-state index contributed by atoms with van der Waals surface area (Å²) in [5.41, 5.74) is 3.75. The molecule has 5 nitrogen and oxygen atoms in total. The zero-order valence-corrected chi connectivity index (χ0v) is 11.4. The maximum atomic E-state index is 6.15. The van der Waals surface area contributed by atoms with Gasteiger partial charge in [-0.25, -0.2) is 0 Å². The number of hydrazine groups is 1. The maximum absolute atomic E-state index is 6.15. The molecule has 1 heterocycles. The van der Waals surface area contributed by atoms with Gasteiger partial charge in [0.2, 0.25) is 0 Å². The SMILES string of the molecule is CCn1ncc(Cl)c1C(CC(C)COC)NN. The third-order valence-electron chi connectivity index (χ3n) is 2.75. The molecular formula is C11H21ClN4O. The second kappa shape index (κ2) is 6.96. The maximum Gasteiger partial charge on any atom is 0.0834 e. The summed E-state index contributed by atoms with van der Waals surface area (Å²) >= 11 is 6.15. The van der Waals surface area contributed by atoms with E-state index in [4.69, 9.17) is 22.2 Å². The fraction of sp³-hybridized carbons (Fsp3) is 0.727. The van der Waals surface area contributed by atoms with E-state index in [1.165, 1.54) is 0 Å². The third kappa shape index (κ3) is 3.67. The minimum absolute atomic E-state index is 0.00454. The molecule has 3 N–H and O–H groups in total. The number of methoxy groups -OCH3 is 1. The van der Waals surface area contributed by atoms with Gasteiger partial charge in [0, 0.05) is 20.3 Å². The van der Waals surface area contributed by atoms with E-state index in [1.807, 2.05) is 11.6 Å². The molecule has 0 saturated heterocycles. The van der Waals surface area contributed by atoms with E-state index in [-0.39, 0.29) is 6.04 Å². The molecule has 0 spiro atoms. The number of hydrogen-bond donors (Lipinski definition) is 2. The molecule has 0 amide bonds. The smallest absolute Gasteiger partial charge is 0.0834 e. The van der Waals surface area contributed by atoms with Gasteiger partial charge in [-0.1, -0.05) is 18.5 Å². The molecule has 0 radical (unpaired) electrons. The highest BCUT2D eigenvalue weighted by Crippen LogP contribution is 2.27. The van der Waals surface area contributed by atoms with Crippen LogP contribution in [0.2, 0.25) is 5.02 Å². The van der Waals surface area contributed by atoms with Crippen LogP contribution in [0.3, 0.4) is 0 Å². The molecule has 0 fully saturated rings. The van der Waals surface area contributed by atoms with Crippen LogP contribution in [-0.4, -0.2) is 23.5 Å². The number of hydrogen-bond acceptors (Lipinski definition) is 4. The molecule has 0 bridgehead atoms. The normalized spacial score (nSPS) is 14.9. The molecule has 17 heavy (non-hydrogen) atoms. The van der Waals surface area contributed by atoms with Crippen molar-refractivity contribution in [3.05, 3.63) is 16.9 Å². The standard InChI is InChI=1S/C11H21ClN4O/c1-4-16-11(9(12)6-14-16)10(15-13)5-8(2)7-17-3/h6,8,10,15H,4-5,7,13H2,1-3H3. The van der Waals surface area contributed by atoms with Crippen molar-refractivity contribution in [2.24, 2.45) is 11.8 Å². The van der Waals surface area contributed by atoms with Gasteiger partial charge in [0.05, 0.1) is 23.0 Å². The highest BCUT2D eigenvalue weighted by Gasteiger charge is 2.21. The lowest BCUT2D eigenvalue weighted by Crippen LogP contribution is -2.32. The van der Waals surface area contributed by atoms with Gasteiger partial charge in [-0.3, -0.25) is 16.0 Å². The molecule has 2 unspecified atom stereocenters. The van der Waals surface area contributed by atoms with Crippen LogP contribution in [0, 0.1) is 5.92 Å². The Bertz CT molecular complexity index is 342. The van der Waals surface area contributed by atoms with Crippen molar-refractivity contribution in [1.82, 2.24) is 15.2 Å². The van der Waals surface area contributed by atoms with Gasteiger partial charge in [-0.15, -0.1) is 0 Å². The molecule has 2 atom stereocenters. The number of nitrogens with one attached hydrogen (secondary N) is 1. The van der Waals surface area contributed by atoms with Crippen molar-refractivity contribution >= 4 is 11.6 Å². The van der Waals surface area contributed by atoms with Crippen molar-refractivity contribution in [3.63, 3.8) is 0 Å². The van der Waals surface area contributed by atoms with Crippen LogP contribution in [-0.2, 0) is 11.3 Å². The number of nitrogens with two attached hydrogens (primary N) is 1. The molecule has 1 aromatic heterocycles. The summed E-state index contributed by atoms with van der Waals surface area (Å²) in [5.74, 6) is 6.01. The van der Waals surface area contributed by atoms with Crippen LogP contribution in [0.25, 0.3) is 0 Å². The minimum atomic E-state index is -0.00454. The monoisotopic (exact) mass is 260 g/mol. The molecule has 1 aromatic rings. The predicted octanol–water partition coefficient (Wildman–Crippen LogP) is 1.73. The van der Waals surface area contributed by atoms with Crippen LogP contribution in [0.5, 0.6) is 0 Å². The predicted molar refractivity (Wildman–Crippen MR) is 68.6 cm³/mol. The summed E-state index contributed by atoms with van der Waals surface area (Å²) in [6.45, 7) is 5.63. The number of aromatic nitrogens is 2. The summed E-state index contributed by atoms with van der Waals surface area (Å²) in [4.78, 5) is 0. The molecular weight excluding hydrogens is 240 g/mol.